The Morgan fingerprint density at radius 3 is 2.69 bits per heavy atom. The zero-order valence-electron chi connectivity index (χ0n) is 17.9. The van der Waals surface area contributed by atoms with Crippen molar-refractivity contribution < 1.29 is 12.6 Å². The van der Waals surface area contributed by atoms with Crippen LogP contribution < -0.4 is 0 Å². The summed E-state index contributed by atoms with van der Waals surface area (Å²) in [6, 6.07) is 0. The van der Waals surface area contributed by atoms with Crippen molar-refractivity contribution in [2.75, 3.05) is 6.26 Å². The zero-order chi connectivity index (χ0) is 20.4. The van der Waals surface area contributed by atoms with Crippen molar-refractivity contribution in [2.24, 2.45) is 34.5 Å². The molecule has 0 saturated heterocycles. The minimum atomic E-state index is -3.37. The first-order chi connectivity index (χ1) is 13.7. The molecule has 6 heteroatoms. The Kier molecular flexibility index (Phi) is 4.56. The van der Waals surface area contributed by atoms with Gasteiger partial charge in [0.2, 0.25) is 0 Å². The molecule has 7 atom stereocenters. The lowest BCUT2D eigenvalue weighted by Crippen LogP contribution is -2.54. The molecule has 3 saturated carbocycles. The molecule has 160 valence electrons. The molecular formula is C23H34N2O3S. The van der Waals surface area contributed by atoms with Crippen LogP contribution in [0.1, 0.15) is 65.2 Å². The fourth-order valence-electron chi connectivity index (χ4n) is 7.90. The third-order valence-corrected chi connectivity index (χ3v) is 9.87. The smallest absolute Gasteiger partial charge is 0.264 e. The highest BCUT2D eigenvalue weighted by molar-refractivity contribution is 7.86. The first-order valence-corrected chi connectivity index (χ1v) is 13.1. The molecule has 1 heterocycles. The van der Waals surface area contributed by atoms with Gasteiger partial charge in [0.15, 0.2) is 0 Å². The highest BCUT2D eigenvalue weighted by Gasteiger charge is 2.59. The molecule has 0 spiro atoms. The van der Waals surface area contributed by atoms with Gasteiger partial charge >= 0.3 is 0 Å². The molecule has 0 N–H and O–H groups in total. The van der Waals surface area contributed by atoms with Crippen LogP contribution in [0.15, 0.2) is 24.8 Å². The van der Waals surface area contributed by atoms with Crippen LogP contribution in [-0.4, -0.2) is 30.3 Å². The third kappa shape index (κ3) is 3.13. The number of hydrogen-bond acceptors (Lipinski definition) is 4. The molecular weight excluding hydrogens is 384 g/mol. The normalized spacial score (nSPS) is 44.5. The minimum Gasteiger partial charge on any atom is -0.310 e. The van der Waals surface area contributed by atoms with Crippen LogP contribution in [0.2, 0.25) is 0 Å². The first kappa shape index (κ1) is 19.8. The van der Waals surface area contributed by atoms with Crippen LogP contribution in [0.3, 0.4) is 0 Å². The highest BCUT2D eigenvalue weighted by Crippen LogP contribution is 2.67. The molecule has 0 aromatic carbocycles. The highest BCUT2D eigenvalue weighted by atomic mass is 32.2. The summed E-state index contributed by atoms with van der Waals surface area (Å²) in [7, 11) is -3.37. The molecule has 5 nitrogen and oxygen atoms in total. The fraction of sp³-hybridized carbons (Fsp3) is 0.783. The fourth-order valence-corrected chi connectivity index (χ4v) is 8.57. The maximum atomic E-state index is 11.6. The van der Waals surface area contributed by atoms with E-state index in [4.69, 9.17) is 4.18 Å². The van der Waals surface area contributed by atoms with E-state index in [0.717, 1.165) is 37.0 Å². The molecule has 29 heavy (non-hydrogen) atoms. The molecule has 3 fully saturated rings. The van der Waals surface area contributed by atoms with Crippen molar-refractivity contribution in [2.45, 2.75) is 71.3 Å². The van der Waals surface area contributed by atoms with Gasteiger partial charge in [0.05, 0.1) is 18.7 Å². The molecule has 5 rings (SSSR count). The summed E-state index contributed by atoms with van der Waals surface area (Å²) >= 11 is 0. The van der Waals surface area contributed by atoms with E-state index in [1.807, 2.05) is 12.5 Å². The molecule has 1 aromatic heterocycles. The van der Waals surface area contributed by atoms with E-state index >= 15 is 0 Å². The lowest BCUT2D eigenvalue weighted by atomic mass is 9.45. The Balaban J connectivity index is 1.36. The monoisotopic (exact) mass is 418 g/mol. The molecule has 4 aliphatic rings. The predicted molar refractivity (Wildman–Crippen MR) is 113 cm³/mol. The van der Waals surface area contributed by atoms with Crippen molar-refractivity contribution in [3.63, 3.8) is 0 Å². The summed E-state index contributed by atoms with van der Waals surface area (Å²) in [5.41, 5.74) is 2.04. The van der Waals surface area contributed by atoms with E-state index in [1.54, 1.807) is 0 Å². The standard InChI is InChI=1S/C23H34N2O3S/c1-22-10-8-17(28-29(3,26)27)14-16(22)4-5-18-19-6-7-21(25-13-12-24-15-25)23(19,2)11-9-20(18)22/h7,12-13,15-20H,4-6,8-11,14H2,1-3H3/t16?,17-,18-,19-,20?,22-,23-/m0/s1. The number of aromatic nitrogens is 2. The quantitative estimate of drug-likeness (QED) is 0.666. The first-order valence-electron chi connectivity index (χ1n) is 11.3. The van der Waals surface area contributed by atoms with E-state index < -0.39 is 10.1 Å². The molecule has 1 aromatic rings. The molecule has 0 radical (unpaired) electrons. The number of nitrogens with zero attached hydrogens (tertiary/aromatic N) is 2. The minimum absolute atomic E-state index is 0.116. The van der Waals surface area contributed by atoms with E-state index in [1.165, 1.54) is 44.1 Å². The Morgan fingerprint density at radius 1 is 1.14 bits per heavy atom. The Bertz CT molecular complexity index is 909. The lowest BCUT2D eigenvalue weighted by Gasteiger charge is -2.60. The molecule has 0 amide bonds. The van der Waals surface area contributed by atoms with Gasteiger partial charge in [-0.3, -0.25) is 4.18 Å². The van der Waals surface area contributed by atoms with Crippen LogP contribution in [0.25, 0.3) is 5.70 Å². The number of imidazole rings is 1. The van der Waals surface area contributed by atoms with Crippen LogP contribution in [0.5, 0.6) is 0 Å². The number of allylic oxidation sites excluding steroid dienone is 2. The second kappa shape index (κ2) is 6.68. The van der Waals surface area contributed by atoms with Crippen LogP contribution >= 0.6 is 0 Å². The molecule has 0 aliphatic heterocycles. The van der Waals surface area contributed by atoms with Crippen LogP contribution in [0, 0.1) is 34.5 Å². The van der Waals surface area contributed by atoms with Gasteiger partial charge in [-0.05, 0) is 80.5 Å². The Morgan fingerprint density at radius 2 is 1.97 bits per heavy atom. The second-order valence-electron chi connectivity index (χ2n) is 10.6. The Hall–Kier alpha value is -1.14. The van der Waals surface area contributed by atoms with E-state index in [-0.39, 0.29) is 11.5 Å². The van der Waals surface area contributed by atoms with Crippen molar-refractivity contribution in [1.29, 1.82) is 0 Å². The lowest BCUT2D eigenvalue weighted by molar-refractivity contribution is -0.112. The topological polar surface area (TPSA) is 61.2 Å². The summed E-state index contributed by atoms with van der Waals surface area (Å²) in [6.45, 7) is 4.99. The summed E-state index contributed by atoms with van der Waals surface area (Å²) in [4.78, 5) is 4.28. The van der Waals surface area contributed by atoms with Crippen molar-refractivity contribution in [1.82, 2.24) is 9.55 Å². The number of hydrogen-bond donors (Lipinski definition) is 0. The van der Waals surface area contributed by atoms with Crippen molar-refractivity contribution in [3.05, 3.63) is 24.8 Å². The summed E-state index contributed by atoms with van der Waals surface area (Å²) in [6.07, 6.45) is 18.6. The third-order valence-electron chi connectivity index (χ3n) is 9.25. The van der Waals surface area contributed by atoms with E-state index in [2.05, 4.69) is 35.7 Å². The van der Waals surface area contributed by atoms with Gasteiger partial charge in [0, 0.05) is 23.5 Å². The second-order valence-corrected chi connectivity index (χ2v) is 12.2. The van der Waals surface area contributed by atoms with Gasteiger partial charge in [-0.2, -0.15) is 8.42 Å². The maximum absolute atomic E-state index is 11.6. The van der Waals surface area contributed by atoms with Gasteiger partial charge in [0.25, 0.3) is 10.1 Å². The predicted octanol–water partition coefficient (Wildman–Crippen LogP) is 4.72. The number of rotatable bonds is 3. The SMILES string of the molecule is C[C@]12CC[C@H](OS(C)(=O)=O)CC1CC[C@@H]1C2CC[C@]2(C)C(n3ccnc3)=CC[C@@H]12. The molecule has 0 bridgehead atoms. The largest absolute Gasteiger partial charge is 0.310 e. The average molecular weight is 419 g/mol. The van der Waals surface area contributed by atoms with Crippen molar-refractivity contribution in [3.8, 4) is 0 Å². The van der Waals surface area contributed by atoms with Gasteiger partial charge in [-0.15, -0.1) is 0 Å². The van der Waals surface area contributed by atoms with Gasteiger partial charge in [0.1, 0.15) is 0 Å². The van der Waals surface area contributed by atoms with Crippen molar-refractivity contribution >= 4 is 15.8 Å². The summed E-state index contributed by atoms with van der Waals surface area (Å²) in [5, 5.41) is 0. The number of fused-ring (bicyclic) bond motifs is 5. The van der Waals surface area contributed by atoms with Crippen LogP contribution in [-0.2, 0) is 14.3 Å². The average Bonchev–Trinajstić information content (AvgIpc) is 3.27. The van der Waals surface area contributed by atoms with Gasteiger partial charge in [-0.1, -0.05) is 19.9 Å². The molecule has 2 unspecified atom stereocenters. The van der Waals surface area contributed by atoms with Gasteiger partial charge in [-0.25, -0.2) is 4.98 Å². The van der Waals surface area contributed by atoms with Gasteiger partial charge < -0.3 is 4.57 Å². The zero-order valence-corrected chi connectivity index (χ0v) is 18.7. The molecule has 4 aliphatic carbocycles. The summed E-state index contributed by atoms with van der Waals surface area (Å²) in [5.74, 6) is 2.85. The van der Waals surface area contributed by atoms with E-state index in [9.17, 15) is 8.42 Å². The maximum Gasteiger partial charge on any atom is 0.264 e. The van der Waals surface area contributed by atoms with E-state index in [0.29, 0.717) is 11.3 Å². The Labute approximate surface area is 175 Å². The summed E-state index contributed by atoms with van der Waals surface area (Å²) < 4.78 is 30.9. The van der Waals surface area contributed by atoms with Crippen LogP contribution in [0.4, 0.5) is 0 Å².